The van der Waals surface area contributed by atoms with Gasteiger partial charge in [-0.3, -0.25) is 0 Å². The third-order valence-electron chi connectivity index (χ3n) is 2.65. The highest BCUT2D eigenvalue weighted by atomic mass is 15.2. The van der Waals surface area contributed by atoms with Crippen LogP contribution in [0.25, 0.3) is 0 Å². The number of hydrogen-bond donors (Lipinski definition) is 1. The van der Waals surface area contributed by atoms with Gasteiger partial charge in [-0.15, -0.1) is 0 Å². The number of anilines is 2. The van der Waals surface area contributed by atoms with Gasteiger partial charge in [0, 0.05) is 19.1 Å². The van der Waals surface area contributed by atoms with Crippen LogP contribution in [0.15, 0.2) is 24.3 Å². The van der Waals surface area contributed by atoms with Gasteiger partial charge in [0.15, 0.2) is 0 Å². The van der Waals surface area contributed by atoms with Gasteiger partial charge in [-0.2, -0.15) is 0 Å². The predicted octanol–water partition coefficient (Wildman–Crippen LogP) is 2.92. The molecule has 0 spiro atoms. The lowest BCUT2D eigenvalue weighted by Gasteiger charge is -2.36. The van der Waals surface area contributed by atoms with Crippen LogP contribution in [-0.4, -0.2) is 19.1 Å². The van der Waals surface area contributed by atoms with Crippen molar-refractivity contribution in [1.29, 1.82) is 0 Å². The second kappa shape index (κ2) is 4.13. The largest absolute Gasteiger partial charge is 0.379 e. The van der Waals surface area contributed by atoms with Crippen molar-refractivity contribution in [3.63, 3.8) is 0 Å². The molecule has 1 N–H and O–H groups in total. The SMILES string of the molecule is C[C](C)CN1C[C@H](C)Nc2ccccc21. The van der Waals surface area contributed by atoms with E-state index in [-0.39, 0.29) is 0 Å². The maximum Gasteiger partial charge on any atom is 0.0603 e. The van der Waals surface area contributed by atoms with Gasteiger partial charge in [-0.25, -0.2) is 0 Å². The standard InChI is InChI=1S/C13H19N2/c1-10(2)8-15-9-11(3)14-12-6-4-5-7-13(12)15/h4-7,11,14H,8-9H2,1-3H3/t11-/m0/s1. The molecule has 15 heavy (non-hydrogen) atoms. The van der Waals surface area contributed by atoms with Crippen molar-refractivity contribution >= 4 is 11.4 Å². The van der Waals surface area contributed by atoms with Crippen molar-refractivity contribution in [2.24, 2.45) is 0 Å². The molecule has 1 aromatic carbocycles. The number of nitrogens with zero attached hydrogens (tertiary/aromatic N) is 1. The highest BCUT2D eigenvalue weighted by molar-refractivity contribution is 5.72. The molecule has 1 atom stereocenters. The van der Waals surface area contributed by atoms with E-state index >= 15 is 0 Å². The van der Waals surface area contributed by atoms with E-state index in [4.69, 9.17) is 0 Å². The highest BCUT2D eigenvalue weighted by Gasteiger charge is 2.20. The number of benzene rings is 1. The number of rotatable bonds is 2. The van der Waals surface area contributed by atoms with Gasteiger partial charge < -0.3 is 10.2 Å². The molecular weight excluding hydrogens is 184 g/mol. The second-order valence-corrected chi connectivity index (χ2v) is 4.65. The van der Waals surface area contributed by atoms with Gasteiger partial charge in [0.2, 0.25) is 0 Å². The molecule has 1 aliphatic rings. The molecule has 81 valence electrons. The molecule has 2 rings (SSSR count). The predicted molar refractivity (Wildman–Crippen MR) is 66.3 cm³/mol. The minimum Gasteiger partial charge on any atom is -0.379 e. The molecule has 0 amide bonds. The average molecular weight is 203 g/mol. The van der Waals surface area contributed by atoms with Crippen LogP contribution in [0.2, 0.25) is 0 Å². The zero-order chi connectivity index (χ0) is 10.8. The fourth-order valence-corrected chi connectivity index (χ4v) is 2.14. The van der Waals surface area contributed by atoms with Crippen LogP contribution in [0.5, 0.6) is 0 Å². The molecule has 2 nitrogen and oxygen atoms in total. The van der Waals surface area contributed by atoms with Crippen molar-refractivity contribution in [3.8, 4) is 0 Å². The van der Waals surface area contributed by atoms with Crippen LogP contribution in [-0.2, 0) is 0 Å². The first-order valence-electron chi connectivity index (χ1n) is 5.56. The molecule has 0 aromatic heterocycles. The number of nitrogens with one attached hydrogen (secondary N) is 1. The summed E-state index contributed by atoms with van der Waals surface area (Å²) in [5, 5.41) is 3.51. The Kier molecular flexibility index (Phi) is 2.85. The Hall–Kier alpha value is -1.18. The van der Waals surface area contributed by atoms with E-state index < -0.39 is 0 Å². The first-order valence-corrected chi connectivity index (χ1v) is 5.56. The molecule has 0 fully saturated rings. The monoisotopic (exact) mass is 203 g/mol. The van der Waals surface area contributed by atoms with Crippen LogP contribution in [0.3, 0.4) is 0 Å². The minimum atomic E-state index is 0.527. The molecule has 1 heterocycles. The Morgan fingerprint density at radius 2 is 2.13 bits per heavy atom. The Morgan fingerprint density at radius 1 is 1.40 bits per heavy atom. The summed E-state index contributed by atoms with van der Waals surface area (Å²) in [7, 11) is 0. The summed E-state index contributed by atoms with van der Waals surface area (Å²) in [6, 6.07) is 9.07. The minimum absolute atomic E-state index is 0.527. The topological polar surface area (TPSA) is 15.3 Å². The van der Waals surface area contributed by atoms with Gasteiger partial charge in [0.05, 0.1) is 11.4 Å². The van der Waals surface area contributed by atoms with Crippen molar-refractivity contribution in [3.05, 3.63) is 30.2 Å². The molecule has 0 saturated heterocycles. The Morgan fingerprint density at radius 3 is 2.87 bits per heavy atom. The van der Waals surface area contributed by atoms with Gasteiger partial charge in [0.25, 0.3) is 0 Å². The Balaban J connectivity index is 2.26. The summed E-state index contributed by atoms with van der Waals surface area (Å²) in [6.45, 7) is 8.75. The van der Waals surface area contributed by atoms with Crippen molar-refractivity contribution in [2.75, 3.05) is 23.3 Å². The van der Waals surface area contributed by atoms with Gasteiger partial charge in [-0.05, 0) is 25.0 Å². The normalized spacial score (nSPS) is 20.0. The van der Waals surface area contributed by atoms with Gasteiger partial charge in [0.1, 0.15) is 0 Å². The molecule has 1 radical (unpaired) electrons. The van der Waals surface area contributed by atoms with Crippen LogP contribution in [0.4, 0.5) is 11.4 Å². The zero-order valence-corrected chi connectivity index (χ0v) is 9.75. The van der Waals surface area contributed by atoms with E-state index in [1.165, 1.54) is 17.3 Å². The van der Waals surface area contributed by atoms with E-state index in [9.17, 15) is 0 Å². The molecule has 2 heteroatoms. The third-order valence-corrected chi connectivity index (χ3v) is 2.65. The summed E-state index contributed by atoms with van der Waals surface area (Å²) < 4.78 is 0. The smallest absolute Gasteiger partial charge is 0.0603 e. The fourth-order valence-electron chi connectivity index (χ4n) is 2.14. The lowest BCUT2D eigenvalue weighted by Crippen LogP contribution is -2.41. The molecule has 0 aliphatic carbocycles. The van der Waals surface area contributed by atoms with E-state index in [0.29, 0.717) is 6.04 Å². The number of hydrogen-bond acceptors (Lipinski definition) is 2. The van der Waals surface area contributed by atoms with Crippen molar-refractivity contribution < 1.29 is 0 Å². The lowest BCUT2D eigenvalue weighted by molar-refractivity contribution is 0.690. The summed E-state index contributed by atoms with van der Waals surface area (Å²) in [5.41, 5.74) is 2.59. The molecule has 1 aromatic rings. The molecule has 1 aliphatic heterocycles. The fraction of sp³-hybridized carbons (Fsp3) is 0.462. The van der Waals surface area contributed by atoms with E-state index in [1.54, 1.807) is 0 Å². The first kappa shape index (κ1) is 10.3. The summed E-state index contributed by atoms with van der Waals surface area (Å²) >= 11 is 0. The lowest BCUT2D eigenvalue weighted by atomic mass is 10.1. The number of para-hydroxylation sites is 2. The quantitative estimate of drug-likeness (QED) is 0.795. The van der Waals surface area contributed by atoms with Crippen LogP contribution in [0, 0.1) is 5.92 Å². The van der Waals surface area contributed by atoms with Crippen LogP contribution < -0.4 is 10.2 Å². The molecular formula is C13H19N2. The van der Waals surface area contributed by atoms with E-state index in [2.05, 4.69) is 55.3 Å². The summed E-state index contributed by atoms with van der Waals surface area (Å²) in [5.74, 6) is 1.46. The first-order chi connectivity index (χ1) is 7.16. The average Bonchev–Trinajstić information content (AvgIpc) is 2.16. The van der Waals surface area contributed by atoms with Crippen molar-refractivity contribution in [1.82, 2.24) is 0 Å². The van der Waals surface area contributed by atoms with E-state index in [1.807, 2.05) is 0 Å². The second-order valence-electron chi connectivity index (χ2n) is 4.65. The third kappa shape index (κ3) is 2.25. The van der Waals surface area contributed by atoms with Gasteiger partial charge in [-0.1, -0.05) is 26.0 Å². The molecule has 0 bridgehead atoms. The van der Waals surface area contributed by atoms with E-state index in [0.717, 1.165) is 13.1 Å². The van der Waals surface area contributed by atoms with Crippen molar-refractivity contribution in [2.45, 2.75) is 26.8 Å². The Bertz CT molecular complexity index is 333. The molecule has 0 saturated carbocycles. The Labute approximate surface area is 92.3 Å². The molecule has 0 unspecified atom stereocenters. The highest BCUT2D eigenvalue weighted by Crippen LogP contribution is 2.30. The zero-order valence-electron chi connectivity index (χ0n) is 9.75. The van der Waals surface area contributed by atoms with Crippen LogP contribution >= 0.6 is 0 Å². The summed E-state index contributed by atoms with van der Waals surface area (Å²) in [6.07, 6.45) is 0. The van der Waals surface area contributed by atoms with Gasteiger partial charge >= 0.3 is 0 Å². The van der Waals surface area contributed by atoms with Crippen LogP contribution in [0.1, 0.15) is 20.8 Å². The maximum absolute atomic E-state index is 3.51. The maximum atomic E-state index is 3.51. The summed E-state index contributed by atoms with van der Waals surface area (Å²) in [4.78, 5) is 2.45. The number of fused-ring (bicyclic) bond motifs is 1.